The predicted molar refractivity (Wildman–Crippen MR) is 183 cm³/mol. The van der Waals surface area contributed by atoms with Crippen LogP contribution in [0.25, 0.3) is 22.3 Å². The van der Waals surface area contributed by atoms with E-state index in [-0.39, 0.29) is 17.8 Å². The molecular weight excluding hydrogens is 632 g/mol. The monoisotopic (exact) mass is 672 g/mol. The van der Waals surface area contributed by atoms with Gasteiger partial charge >= 0.3 is 0 Å². The Balaban J connectivity index is 1.22. The van der Waals surface area contributed by atoms with Gasteiger partial charge in [0.05, 0.1) is 36.7 Å². The van der Waals surface area contributed by atoms with Crippen LogP contribution in [0.15, 0.2) is 47.7 Å². The number of benzene rings is 1. The molecule has 11 nitrogen and oxygen atoms in total. The van der Waals surface area contributed by atoms with E-state index in [2.05, 4.69) is 26.9 Å². The standard InChI is InChI=1S/C35H41FN8O3S/c1-21-15-22(2)17-35(4,16-21)48(45,46)44-29-8-6-7-25(26(29)18-37-44)32-38-28-11-12-42(34-30(36)31(24-9-10-24)40-41(34)5)19-27(28)33(39-32)43-13-14-47-20-23(43)3/h6-8,15-16,18,23-24H,9-14,17,19-20H2,1-5H3/t23-,35?/m1/s1. The van der Waals surface area contributed by atoms with Gasteiger partial charge in [-0.1, -0.05) is 35.4 Å². The van der Waals surface area contributed by atoms with Gasteiger partial charge in [0.15, 0.2) is 17.5 Å². The number of ether oxygens (including phenoxy) is 1. The van der Waals surface area contributed by atoms with Crippen LogP contribution in [0.1, 0.15) is 69.8 Å². The summed E-state index contributed by atoms with van der Waals surface area (Å²) in [5, 5.41) is 9.68. The van der Waals surface area contributed by atoms with Gasteiger partial charge in [0.1, 0.15) is 16.3 Å². The Labute approximate surface area is 280 Å². The van der Waals surface area contributed by atoms with Gasteiger partial charge in [0.25, 0.3) is 10.0 Å². The number of hydrogen-bond acceptors (Lipinski definition) is 9. The molecule has 1 saturated heterocycles. The molecule has 8 rings (SSSR count). The van der Waals surface area contributed by atoms with E-state index in [0.717, 1.165) is 41.1 Å². The Hall–Kier alpha value is -4.10. The molecule has 4 aliphatic rings. The fourth-order valence-electron chi connectivity index (χ4n) is 7.79. The van der Waals surface area contributed by atoms with Crippen molar-refractivity contribution in [2.24, 2.45) is 7.05 Å². The highest BCUT2D eigenvalue weighted by atomic mass is 32.2. The Kier molecular flexibility index (Phi) is 7.29. The second kappa shape index (κ2) is 11.2. The van der Waals surface area contributed by atoms with Gasteiger partial charge in [0.2, 0.25) is 0 Å². The molecule has 4 aromatic rings. The molecule has 252 valence electrons. The number of hydrogen-bond donors (Lipinski definition) is 0. The van der Waals surface area contributed by atoms with Gasteiger partial charge in [0, 0.05) is 55.5 Å². The smallest absolute Gasteiger partial charge is 0.263 e. The predicted octanol–water partition coefficient (Wildman–Crippen LogP) is 5.26. The Morgan fingerprint density at radius 3 is 2.69 bits per heavy atom. The minimum absolute atomic E-state index is 0.0739. The SMILES string of the molecule is CC1=CC(C)(S(=O)(=O)n2ncc3c(-c4nc5c(c(N6CCOC[C@H]6C)n4)CN(c4c(F)c(C6CC6)nn4C)CC5)cccc32)CC(C)=C1. The summed E-state index contributed by atoms with van der Waals surface area (Å²) in [4.78, 5) is 14.6. The number of nitrogens with zero attached hydrogens (tertiary/aromatic N) is 8. The third kappa shape index (κ3) is 4.96. The highest BCUT2D eigenvalue weighted by Gasteiger charge is 2.42. The van der Waals surface area contributed by atoms with E-state index < -0.39 is 14.8 Å². The maximum atomic E-state index is 15.7. The average molecular weight is 673 g/mol. The largest absolute Gasteiger partial charge is 0.377 e. The zero-order valence-corrected chi connectivity index (χ0v) is 28.9. The zero-order valence-electron chi connectivity index (χ0n) is 28.1. The number of morpholine rings is 1. The summed E-state index contributed by atoms with van der Waals surface area (Å²) in [6.45, 7) is 10.6. The molecule has 0 spiro atoms. The van der Waals surface area contributed by atoms with Crippen molar-refractivity contribution in [2.45, 2.75) is 76.6 Å². The maximum absolute atomic E-state index is 15.7. The summed E-state index contributed by atoms with van der Waals surface area (Å²) >= 11 is 0. The first-order valence-electron chi connectivity index (χ1n) is 16.8. The summed E-state index contributed by atoms with van der Waals surface area (Å²) in [6.07, 6.45) is 8.41. The van der Waals surface area contributed by atoms with Gasteiger partial charge in [-0.05, 0) is 53.0 Å². The Morgan fingerprint density at radius 2 is 1.94 bits per heavy atom. The first kappa shape index (κ1) is 31.2. The zero-order chi connectivity index (χ0) is 33.5. The van der Waals surface area contributed by atoms with Crippen molar-refractivity contribution in [1.82, 2.24) is 28.9 Å². The van der Waals surface area contributed by atoms with E-state index in [0.29, 0.717) is 79.5 Å². The van der Waals surface area contributed by atoms with Crippen LogP contribution in [0.3, 0.4) is 0 Å². The fraction of sp³-hybridized carbons (Fsp3) is 0.486. The molecule has 2 fully saturated rings. The molecule has 1 unspecified atom stereocenters. The van der Waals surface area contributed by atoms with Gasteiger partial charge in [-0.3, -0.25) is 0 Å². The highest BCUT2D eigenvalue weighted by Crippen LogP contribution is 2.43. The fourth-order valence-corrected chi connectivity index (χ4v) is 9.52. The van der Waals surface area contributed by atoms with E-state index in [1.54, 1.807) is 23.9 Å². The average Bonchev–Trinajstić information content (AvgIpc) is 3.71. The topological polar surface area (TPSA) is 111 Å². The quantitative estimate of drug-likeness (QED) is 0.271. The summed E-state index contributed by atoms with van der Waals surface area (Å²) in [5.74, 6) is 1.81. The number of anilines is 2. The molecule has 0 bridgehead atoms. The van der Waals surface area contributed by atoms with E-state index in [4.69, 9.17) is 14.7 Å². The molecule has 5 heterocycles. The van der Waals surface area contributed by atoms with E-state index in [1.807, 2.05) is 45.2 Å². The number of rotatable bonds is 6. The molecule has 2 aliphatic heterocycles. The molecule has 0 N–H and O–H groups in total. The number of halogens is 1. The highest BCUT2D eigenvalue weighted by molar-refractivity contribution is 7.91. The third-order valence-corrected chi connectivity index (χ3v) is 12.4. The van der Waals surface area contributed by atoms with Crippen molar-refractivity contribution < 1.29 is 17.5 Å². The summed E-state index contributed by atoms with van der Waals surface area (Å²) in [7, 11) is -2.10. The van der Waals surface area contributed by atoms with Crippen molar-refractivity contribution in [3.8, 4) is 11.4 Å². The molecule has 1 aromatic carbocycles. The summed E-state index contributed by atoms with van der Waals surface area (Å²) in [6, 6.07) is 5.62. The first-order valence-corrected chi connectivity index (χ1v) is 18.2. The molecule has 0 radical (unpaired) electrons. The van der Waals surface area contributed by atoms with Crippen molar-refractivity contribution in [3.63, 3.8) is 0 Å². The van der Waals surface area contributed by atoms with Crippen LogP contribution in [-0.4, -0.2) is 74.4 Å². The number of aromatic nitrogens is 6. The van der Waals surface area contributed by atoms with Gasteiger partial charge in [-0.25, -0.2) is 27.5 Å². The number of allylic oxidation sites excluding steroid dienone is 3. The van der Waals surface area contributed by atoms with E-state index in [1.165, 1.54) is 4.09 Å². The van der Waals surface area contributed by atoms with E-state index in [9.17, 15) is 8.42 Å². The van der Waals surface area contributed by atoms with Crippen LogP contribution in [0.2, 0.25) is 0 Å². The lowest BCUT2D eigenvalue weighted by Crippen LogP contribution is -2.45. The molecule has 48 heavy (non-hydrogen) atoms. The maximum Gasteiger partial charge on any atom is 0.263 e. The molecule has 2 aliphatic carbocycles. The van der Waals surface area contributed by atoms with Crippen LogP contribution in [-0.2, 0) is 34.8 Å². The lowest BCUT2D eigenvalue weighted by molar-refractivity contribution is 0.0984. The molecular formula is C35H41FN8O3S. The lowest BCUT2D eigenvalue weighted by Gasteiger charge is -2.38. The van der Waals surface area contributed by atoms with Gasteiger partial charge < -0.3 is 14.5 Å². The number of fused-ring (bicyclic) bond motifs is 2. The summed E-state index contributed by atoms with van der Waals surface area (Å²) < 4.78 is 51.6. The van der Waals surface area contributed by atoms with Crippen LogP contribution in [0.5, 0.6) is 0 Å². The Morgan fingerprint density at radius 1 is 1.12 bits per heavy atom. The minimum Gasteiger partial charge on any atom is -0.377 e. The second-order valence-corrected chi connectivity index (χ2v) is 16.3. The minimum atomic E-state index is -3.91. The van der Waals surface area contributed by atoms with Crippen LogP contribution >= 0.6 is 0 Å². The van der Waals surface area contributed by atoms with Crippen LogP contribution in [0, 0.1) is 5.82 Å². The summed E-state index contributed by atoms with van der Waals surface area (Å²) in [5.41, 5.74) is 5.57. The van der Waals surface area contributed by atoms with Crippen molar-refractivity contribution >= 4 is 32.6 Å². The van der Waals surface area contributed by atoms with Crippen molar-refractivity contribution in [1.29, 1.82) is 0 Å². The van der Waals surface area contributed by atoms with E-state index >= 15 is 4.39 Å². The van der Waals surface area contributed by atoms with Crippen LogP contribution in [0.4, 0.5) is 16.0 Å². The van der Waals surface area contributed by atoms with Gasteiger partial charge in [-0.2, -0.15) is 14.3 Å². The van der Waals surface area contributed by atoms with Gasteiger partial charge in [-0.15, -0.1) is 0 Å². The van der Waals surface area contributed by atoms with Crippen molar-refractivity contribution in [2.75, 3.05) is 36.1 Å². The molecule has 1 saturated carbocycles. The lowest BCUT2D eigenvalue weighted by atomic mass is 9.92. The molecule has 3 aromatic heterocycles. The molecule has 2 atom stereocenters. The third-order valence-electron chi connectivity index (χ3n) is 10.2. The second-order valence-electron chi connectivity index (χ2n) is 14.1. The van der Waals surface area contributed by atoms with Crippen molar-refractivity contribution in [3.05, 3.63) is 70.5 Å². The number of aryl methyl sites for hydroxylation is 1. The molecule has 0 amide bonds. The first-order chi connectivity index (χ1) is 22.9. The Bertz CT molecular complexity index is 2130. The van der Waals surface area contributed by atoms with Crippen LogP contribution < -0.4 is 9.80 Å². The normalized spacial score (nSPS) is 23.3. The molecule has 13 heteroatoms.